The number of aromatic nitrogens is 1. The monoisotopic (exact) mass is 818 g/mol. The van der Waals surface area contributed by atoms with Gasteiger partial charge < -0.3 is 9.47 Å². The lowest BCUT2D eigenvalue weighted by Gasteiger charge is -2.28. The molecule has 0 N–H and O–H groups in total. The molecule has 0 fully saturated rings. The van der Waals surface area contributed by atoms with E-state index in [-0.39, 0.29) is 0 Å². The first-order valence-corrected chi connectivity index (χ1v) is 22.4. The Labute approximate surface area is 368 Å². The topological polar surface area (TPSA) is 8.17 Å². The van der Waals surface area contributed by atoms with Crippen molar-refractivity contribution in [3.05, 3.63) is 231 Å². The predicted molar refractivity (Wildman–Crippen MR) is 272 cm³/mol. The van der Waals surface area contributed by atoms with E-state index in [2.05, 4.69) is 240 Å². The molecule has 0 radical (unpaired) electrons. The molecular weight excluding hydrogens is 781 g/mol. The van der Waals surface area contributed by atoms with Gasteiger partial charge in [0.1, 0.15) is 0 Å². The van der Waals surface area contributed by atoms with E-state index in [0.29, 0.717) is 0 Å². The molecule has 0 saturated heterocycles. The maximum absolute atomic E-state index is 2.44. The van der Waals surface area contributed by atoms with Crippen LogP contribution in [0.4, 0.5) is 17.1 Å². The highest BCUT2D eigenvalue weighted by Crippen LogP contribution is 2.46. The van der Waals surface area contributed by atoms with Crippen molar-refractivity contribution in [3.63, 3.8) is 0 Å². The van der Waals surface area contributed by atoms with Gasteiger partial charge in [0.2, 0.25) is 0 Å². The highest BCUT2D eigenvalue weighted by atomic mass is 32.1. The first-order valence-electron chi connectivity index (χ1n) is 21.6. The average Bonchev–Trinajstić information content (AvgIpc) is 3.91. The lowest BCUT2D eigenvalue weighted by atomic mass is 9.98. The first-order chi connectivity index (χ1) is 31.3. The molecule has 0 unspecified atom stereocenters. The third kappa shape index (κ3) is 5.64. The summed E-state index contributed by atoms with van der Waals surface area (Å²) in [5.41, 5.74) is 11.7. The van der Waals surface area contributed by atoms with Crippen molar-refractivity contribution in [2.75, 3.05) is 4.90 Å². The van der Waals surface area contributed by atoms with Gasteiger partial charge in [-0.25, -0.2) is 0 Å². The summed E-state index contributed by atoms with van der Waals surface area (Å²) in [5.74, 6) is 0. The molecule has 0 aliphatic rings. The number of benzene rings is 11. The van der Waals surface area contributed by atoms with E-state index in [1.54, 1.807) is 0 Å². The van der Waals surface area contributed by atoms with Crippen LogP contribution in [-0.2, 0) is 0 Å². The summed E-state index contributed by atoms with van der Waals surface area (Å²) in [7, 11) is 0. The first kappa shape index (κ1) is 35.7. The molecule has 13 rings (SSSR count). The van der Waals surface area contributed by atoms with E-state index in [9.17, 15) is 0 Å². The Morgan fingerprint density at radius 2 is 0.825 bits per heavy atom. The maximum atomic E-state index is 2.44. The lowest BCUT2D eigenvalue weighted by Crippen LogP contribution is -2.10. The van der Waals surface area contributed by atoms with Crippen LogP contribution in [0.25, 0.3) is 102 Å². The maximum Gasteiger partial charge on any atom is 0.0546 e. The molecule has 0 amide bonds. The lowest BCUT2D eigenvalue weighted by molar-refractivity contribution is 1.18. The fraction of sp³-hybridized carbons (Fsp3) is 0. The summed E-state index contributed by atoms with van der Waals surface area (Å²) in [6, 6.07) is 84.6. The van der Waals surface area contributed by atoms with Crippen LogP contribution in [0, 0.1) is 0 Å². The number of para-hydroxylation sites is 3. The SMILES string of the molecule is c1ccc(-n2c3ccccc3c3ccccc32)c(-c2ccc(N(c3ccc(-c4cccc5c4sc4c6ccccc6ccc54)cc3)c3cc4ccccc4c4ccccc34)cc2)c1. The van der Waals surface area contributed by atoms with Crippen molar-refractivity contribution in [2.24, 2.45) is 0 Å². The molecule has 0 bridgehead atoms. The summed E-state index contributed by atoms with van der Waals surface area (Å²) in [6.07, 6.45) is 0. The molecule has 63 heavy (non-hydrogen) atoms. The average molecular weight is 819 g/mol. The Bertz CT molecular complexity index is 3860. The number of nitrogens with zero attached hydrogens (tertiary/aromatic N) is 2. The second-order valence-corrected chi connectivity index (χ2v) is 17.4. The zero-order chi connectivity index (χ0) is 41.4. The van der Waals surface area contributed by atoms with Crippen molar-refractivity contribution in [3.8, 4) is 27.9 Å². The third-order valence-electron chi connectivity index (χ3n) is 13.0. The van der Waals surface area contributed by atoms with Crippen LogP contribution in [0.1, 0.15) is 0 Å². The molecule has 13 aromatic rings. The Balaban J connectivity index is 0.962. The Kier molecular flexibility index (Phi) is 8.12. The molecular formula is C60H38N2S. The van der Waals surface area contributed by atoms with Gasteiger partial charge in [0, 0.05) is 53.3 Å². The molecule has 3 heteroatoms. The zero-order valence-corrected chi connectivity index (χ0v) is 35.1. The van der Waals surface area contributed by atoms with E-state index in [4.69, 9.17) is 0 Å². The van der Waals surface area contributed by atoms with Crippen LogP contribution in [-0.4, -0.2) is 4.57 Å². The molecule has 0 atom stereocenters. The van der Waals surface area contributed by atoms with Crippen molar-refractivity contribution >= 4 is 103 Å². The highest BCUT2D eigenvalue weighted by Gasteiger charge is 2.20. The van der Waals surface area contributed by atoms with Gasteiger partial charge in [-0.2, -0.15) is 0 Å². The van der Waals surface area contributed by atoms with Crippen molar-refractivity contribution in [2.45, 2.75) is 0 Å². The third-order valence-corrected chi connectivity index (χ3v) is 14.3. The smallest absolute Gasteiger partial charge is 0.0546 e. The minimum Gasteiger partial charge on any atom is -0.310 e. The van der Waals surface area contributed by atoms with Crippen LogP contribution < -0.4 is 4.90 Å². The molecule has 294 valence electrons. The normalized spacial score (nSPS) is 11.8. The summed E-state index contributed by atoms with van der Waals surface area (Å²) >= 11 is 1.91. The Morgan fingerprint density at radius 1 is 0.317 bits per heavy atom. The molecule has 2 nitrogen and oxygen atoms in total. The van der Waals surface area contributed by atoms with Gasteiger partial charge in [0.15, 0.2) is 0 Å². The number of fused-ring (bicyclic) bond motifs is 11. The Hall–Kier alpha value is -7.98. The van der Waals surface area contributed by atoms with Crippen molar-refractivity contribution in [1.82, 2.24) is 4.57 Å². The van der Waals surface area contributed by atoms with E-state index in [1.807, 2.05) is 11.3 Å². The minimum absolute atomic E-state index is 1.10. The standard InChI is InChI=1S/C60H38N2S/c1-4-18-47-39(14-1)32-37-54-53-24-13-23-48(59(53)63-60(47)54)41-30-35-44(36-31-41)61(58-38-42-15-2-3-16-45(42)49-19-5-6-20-50(49)58)43-33-28-40(29-34-43)46-17-7-10-25-55(46)62-56-26-11-8-21-51(56)52-22-9-12-27-57(52)62/h1-38H. The van der Waals surface area contributed by atoms with Crippen LogP contribution >= 0.6 is 11.3 Å². The number of rotatable bonds is 6. The molecule has 11 aromatic carbocycles. The second kappa shape index (κ2) is 14.3. The number of anilines is 3. The van der Waals surface area contributed by atoms with Crippen LogP contribution in [0.5, 0.6) is 0 Å². The summed E-state index contributed by atoms with van der Waals surface area (Å²) in [6.45, 7) is 0. The largest absolute Gasteiger partial charge is 0.310 e. The number of hydrogen-bond acceptors (Lipinski definition) is 2. The van der Waals surface area contributed by atoms with Gasteiger partial charge in [-0.05, 0) is 92.2 Å². The fourth-order valence-corrected chi connectivity index (χ4v) is 11.4. The van der Waals surface area contributed by atoms with Crippen LogP contribution in [0.15, 0.2) is 231 Å². The minimum atomic E-state index is 1.10. The summed E-state index contributed by atoms with van der Waals surface area (Å²) < 4.78 is 5.10. The van der Waals surface area contributed by atoms with Crippen molar-refractivity contribution in [1.29, 1.82) is 0 Å². The number of thiophene rings is 1. The van der Waals surface area contributed by atoms with Gasteiger partial charge in [0.05, 0.1) is 22.4 Å². The highest BCUT2D eigenvalue weighted by molar-refractivity contribution is 7.27. The van der Waals surface area contributed by atoms with Crippen molar-refractivity contribution < 1.29 is 0 Å². The van der Waals surface area contributed by atoms with E-state index in [1.165, 1.54) is 96.5 Å². The molecule has 0 saturated carbocycles. The molecule has 0 aliphatic heterocycles. The van der Waals surface area contributed by atoms with Crippen LogP contribution in [0.3, 0.4) is 0 Å². The van der Waals surface area contributed by atoms with Gasteiger partial charge in [-0.15, -0.1) is 11.3 Å². The Morgan fingerprint density at radius 3 is 1.54 bits per heavy atom. The molecule has 2 aromatic heterocycles. The summed E-state index contributed by atoms with van der Waals surface area (Å²) in [4.78, 5) is 2.44. The second-order valence-electron chi connectivity index (χ2n) is 16.4. The molecule has 0 spiro atoms. The van der Waals surface area contributed by atoms with E-state index >= 15 is 0 Å². The van der Waals surface area contributed by atoms with Gasteiger partial charge >= 0.3 is 0 Å². The van der Waals surface area contributed by atoms with Crippen LogP contribution in [0.2, 0.25) is 0 Å². The summed E-state index contributed by atoms with van der Waals surface area (Å²) in [5, 5.41) is 12.7. The molecule has 0 aliphatic carbocycles. The van der Waals surface area contributed by atoms with E-state index in [0.717, 1.165) is 22.7 Å². The van der Waals surface area contributed by atoms with Gasteiger partial charge in [-0.3, -0.25) is 0 Å². The van der Waals surface area contributed by atoms with Gasteiger partial charge in [-0.1, -0.05) is 182 Å². The number of hydrogen-bond donors (Lipinski definition) is 0. The fourth-order valence-electron chi connectivity index (χ4n) is 10.1. The predicted octanol–water partition coefficient (Wildman–Crippen LogP) is 17.4. The van der Waals surface area contributed by atoms with Gasteiger partial charge in [0.25, 0.3) is 0 Å². The zero-order valence-electron chi connectivity index (χ0n) is 34.2. The molecule has 2 heterocycles. The van der Waals surface area contributed by atoms with E-state index < -0.39 is 0 Å². The quantitative estimate of drug-likeness (QED) is 0.152.